The van der Waals surface area contributed by atoms with Crippen molar-refractivity contribution >= 4 is 11.8 Å². The number of hydrogen-bond donors (Lipinski definition) is 3. The van der Waals surface area contributed by atoms with E-state index in [0.717, 1.165) is 55.7 Å². The largest absolute Gasteiger partial charge is 0.390 e. The predicted octanol–water partition coefficient (Wildman–Crippen LogP) is 2.67. The van der Waals surface area contributed by atoms with E-state index in [2.05, 4.69) is 22.2 Å². The number of nitrogen functional groups attached to an aromatic ring is 1. The third kappa shape index (κ3) is 5.74. The summed E-state index contributed by atoms with van der Waals surface area (Å²) in [7, 11) is 0. The van der Waals surface area contributed by atoms with E-state index in [1.165, 1.54) is 0 Å². The van der Waals surface area contributed by atoms with Crippen LogP contribution in [0.25, 0.3) is 0 Å². The Morgan fingerprint density at radius 3 is 2.55 bits per heavy atom. The average Bonchev–Trinajstić information content (AvgIpc) is 2.31. The van der Waals surface area contributed by atoms with Gasteiger partial charge in [-0.15, -0.1) is 0 Å². The standard InChI is InChI=1S/C15H28N4O/c1-5-6-10-17-13-12(8-7-9-15(3,4)20)11(2)18-14(16)19-13/h20H,5-10H2,1-4H3,(H3,16,17,18,19). The first-order chi connectivity index (χ1) is 9.33. The maximum absolute atomic E-state index is 9.78. The van der Waals surface area contributed by atoms with E-state index in [0.29, 0.717) is 5.95 Å². The summed E-state index contributed by atoms with van der Waals surface area (Å²) in [6.45, 7) is 8.68. The van der Waals surface area contributed by atoms with E-state index in [1.54, 1.807) is 0 Å². The van der Waals surface area contributed by atoms with Gasteiger partial charge in [0, 0.05) is 17.8 Å². The Balaban J connectivity index is 2.75. The number of unbranched alkanes of at least 4 members (excludes halogenated alkanes) is 1. The lowest BCUT2D eigenvalue weighted by molar-refractivity contribution is 0.0689. The molecule has 0 bridgehead atoms. The Morgan fingerprint density at radius 2 is 1.95 bits per heavy atom. The van der Waals surface area contributed by atoms with Crippen LogP contribution in [0.3, 0.4) is 0 Å². The first kappa shape index (κ1) is 16.7. The second-order valence-corrected chi connectivity index (χ2v) is 5.94. The highest BCUT2D eigenvalue weighted by Gasteiger charge is 2.15. The van der Waals surface area contributed by atoms with E-state index < -0.39 is 5.60 Å². The SMILES string of the molecule is CCCCNc1nc(N)nc(C)c1CCCC(C)(C)O. The zero-order chi connectivity index (χ0) is 15.2. The van der Waals surface area contributed by atoms with Crippen molar-refractivity contribution in [2.45, 2.75) is 65.4 Å². The lowest BCUT2D eigenvalue weighted by Gasteiger charge is -2.18. The molecule has 1 rings (SSSR count). The smallest absolute Gasteiger partial charge is 0.222 e. The lowest BCUT2D eigenvalue weighted by Crippen LogP contribution is -2.18. The Labute approximate surface area is 122 Å². The Morgan fingerprint density at radius 1 is 1.25 bits per heavy atom. The number of nitrogens with zero attached hydrogens (tertiary/aromatic N) is 2. The molecule has 0 radical (unpaired) electrons. The normalized spacial score (nSPS) is 11.7. The van der Waals surface area contributed by atoms with Gasteiger partial charge in [-0.1, -0.05) is 13.3 Å². The monoisotopic (exact) mass is 280 g/mol. The molecule has 1 aromatic heterocycles. The predicted molar refractivity (Wildman–Crippen MR) is 83.8 cm³/mol. The Bertz CT molecular complexity index is 427. The van der Waals surface area contributed by atoms with Crippen LogP contribution in [0.4, 0.5) is 11.8 Å². The fourth-order valence-electron chi connectivity index (χ4n) is 2.14. The second kappa shape index (κ2) is 7.43. The molecule has 1 heterocycles. The molecule has 5 heteroatoms. The first-order valence-corrected chi connectivity index (χ1v) is 7.42. The molecule has 0 atom stereocenters. The van der Waals surface area contributed by atoms with E-state index in [9.17, 15) is 5.11 Å². The molecule has 0 spiro atoms. The number of aliphatic hydroxyl groups is 1. The van der Waals surface area contributed by atoms with Crippen LogP contribution >= 0.6 is 0 Å². The number of nitrogens with one attached hydrogen (secondary N) is 1. The summed E-state index contributed by atoms with van der Waals surface area (Å²) in [6.07, 6.45) is 4.75. The summed E-state index contributed by atoms with van der Waals surface area (Å²) in [5.74, 6) is 1.16. The van der Waals surface area contributed by atoms with Gasteiger partial charge in [-0.25, -0.2) is 4.98 Å². The number of rotatable bonds is 8. The summed E-state index contributed by atoms with van der Waals surface area (Å²) in [6, 6.07) is 0. The average molecular weight is 280 g/mol. The fraction of sp³-hybridized carbons (Fsp3) is 0.733. The number of nitrogens with two attached hydrogens (primary N) is 1. The van der Waals surface area contributed by atoms with Gasteiger partial charge in [0.05, 0.1) is 5.60 Å². The van der Waals surface area contributed by atoms with Crippen LogP contribution in [0.5, 0.6) is 0 Å². The fourth-order valence-corrected chi connectivity index (χ4v) is 2.14. The van der Waals surface area contributed by atoms with Gasteiger partial charge in [0.15, 0.2) is 0 Å². The van der Waals surface area contributed by atoms with E-state index >= 15 is 0 Å². The zero-order valence-electron chi connectivity index (χ0n) is 13.2. The van der Waals surface area contributed by atoms with Gasteiger partial charge < -0.3 is 16.2 Å². The number of hydrogen-bond acceptors (Lipinski definition) is 5. The summed E-state index contributed by atoms with van der Waals surface area (Å²) < 4.78 is 0. The second-order valence-electron chi connectivity index (χ2n) is 5.94. The molecular weight excluding hydrogens is 252 g/mol. The quantitative estimate of drug-likeness (QED) is 0.638. The molecule has 0 amide bonds. The van der Waals surface area contributed by atoms with Gasteiger partial charge in [-0.2, -0.15) is 4.98 Å². The molecule has 0 aromatic carbocycles. The maximum atomic E-state index is 9.78. The minimum absolute atomic E-state index is 0.313. The molecule has 20 heavy (non-hydrogen) atoms. The highest BCUT2D eigenvalue weighted by atomic mass is 16.3. The van der Waals surface area contributed by atoms with E-state index in [-0.39, 0.29) is 0 Å². The van der Waals surface area contributed by atoms with Crippen molar-refractivity contribution < 1.29 is 5.11 Å². The molecule has 0 unspecified atom stereocenters. The van der Waals surface area contributed by atoms with Crippen LogP contribution in [0.1, 0.15) is 57.7 Å². The highest BCUT2D eigenvalue weighted by Crippen LogP contribution is 2.21. The van der Waals surface area contributed by atoms with Crippen molar-refractivity contribution in [3.8, 4) is 0 Å². The van der Waals surface area contributed by atoms with E-state index in [1.807, 2.05) is 20.8 Å². The van der Waals surface area contributed by atoms with Crippen molar-refractivity contribution in [1.29, 1.82) is 0 Å². The lowest BCUT2D eigenvalue weighted by atomic mass is 9.98. The van der Waals surface area contributed by atoms with Gasteiger partial charge in [0.1, 0.15) is 5.82 Å². The molecule has 0 fully saturated rings. The Kier molecular flexibility index (Phi) is 6.20. The van der Waals surface area contributed by atoms with Crippen molar-refractivity contribution in [3.63, 3.8) is 0 Å². The topological polar surface area (TPSA) is 84.1 Å². The third-order valence-corrected chi connectivity index (χ3v) is 3.27. The van der Waals surface area contributed by atoms with Crippen molar-refractivity contribution in [2.24, 2.45) is 0 Å². The molecule has 0 aliphatic heterocycles. The Hall–Kier alpha value is -1.36. The van der Waals surface area contributed by atoms with Crippen LogP contribution in [-0.2, 0) is 6.42 Å². The third-order valence-electron chi connectivity index (χ3n) is 3.27. The summed E-state index contributed by atoms with van der Waals surface area (Å²) in [4.78, 5) is 8.56. The van der Waals surface area contributed by atoms with Crippen LogP contribution in [0.2, 0.25) is 0 Å². The molecule has 0 aliphatic rings. The van der Waals surface area contributed by atoms with Crippen molar-refractivity contribution in [2.75, 3.05) is 17.6 Å². The van der Waals surface area contributed by atoms with Crippen LogP contribution in [-0.4, -0.2) is 27.2 Å². The molecule has 0 saturated heterocycles. The van der Waals surface area contributed by atoms with Gasteiger partial charge in [0.2, 0.25) is 5.95 Å². The van der Waals surface area contributed by atoms with Gasteiger partial charge in [-0.05, 0) is 46.5 Å². The molecule has 0 aliphatic carbocycles. The van der Waals surface area contributed by atoms with Gasteiger partial charge >= 0.3 is 0 Å². The summed E-state index contributed by atoms with van der Waals surface area (Å²) >= 11 is 0. The van der Waals surface area contributed by atoms with Gasteiger partial charge in [0.25, 0.3) is 0 Å². The molecule has 1 aromatic rings. The highest BCUT2D eigenvalue weighted by molar-refractivity contribution is 5.49. The maximum Gasteiger partial charge on any atom is 0.222 e. The minimum atomic E-state index is -0.627. The number of aromatic nitrogens is 2. The summed E-state index contributed by atoms with van der Waals surface area (Å²) in [5.41, 5.74) is 7.14. The summed E-state index contributed by atoms with van der Waals surface area (Å²) in [5, 5.41) is 13.1. The minimum Gasteiger partial charge on any atom is -0.390 e. The molecule has 5 nitrogen and oxygen atoms in total. The first-order valence-electron chi connectivity index (χ1n) is 7.42. The van der Waals surface area contributed by atoms with Crippen LogP contribution in [0, 0.1) is 6.92 Å². The number of anilines is 2. The molecule has 0 saturated carbocycles. The van der Waals surface area contributed by atoms with Crippen LogP contribution < -0.4 is 11.1 Å². The zero-order valence-corrected chi connectivity index (χ0v) is 13.2. The van der Waals surface area contributed by atoms with Crippen LogP contribution in [0.15, 0.2) is 0 Å². The van der Waals surface area contributed by atoms with E-state index in [4.69, 9.17) is 5.73 Å². The molecule has 4 N–H and O–H groups in total. The van der Waals surface area contributed by atoms with Gasteiger partial charge in [-0.3, -0.25) is 0 Å². The molecular formula is C15H28N4O. The van der Waals surface area contributed by atoms with Crippen molar-refractivity contribution in [1.82, 2.24) is 9.97 Å². The molecule has 114 valence electrons. The van der Waals surface area contributed by atoms with Crippen molar-refractivity contribution in [3.05, 3.63) is 11.3 Å². The number of aryl methyl sites for hydroxylation is 1.